The summed E-state index contributed by atoms with van der Waals surface area (Å²) in [7, 11) is 4.04. The number of rotatable bonds is 6. The van der Waals surface area contributed by atoms with Crippen molar-refractivity contribution in [3.63, 3.8) is 0 Å². The third kappa shape index (κ3) is 5.80. The summed E-state index contributed by atoms with van der Waals surface area (Å²) in [6.45, 7) is 11.7. The van der Waals surface area contributed by atoms with Crippen LogP contribution in [0.4, 0.5) is 0 Å². The summed E-state index contributed by atoms with van der Waals surface area (Å²) in [5.74, 6) is 1.03. The van der Waals surface area contributed by atoms with Crippen LogP contribution in [0.15, 0.2) is 35.3 Å². The highest BCUT2D eigenvalue weighted by molar-refractivity contribution is 5.80. The van der Waals surface area contributed by atoms with Gasteiger partial charge in [-0.2, -0.15) is 0 Å². The maximum Gasteiger partial charge on any atom is 0.193 e. The summed E-state index contributed by atoms with van der Waals surface area (Å²) in [5.41, 5.74) is 1.39. The maximum atomic E-state index is 4.46. The monoisotopic (exact) mass is 331 g/mol. The first-order valence-electron chi connectivity index (χ1n) is 9.02. The molecule has 1 aliphatic rings. The molecular formula is C19H33N5. The van der Waals surface area contributed by atoms with Gasteiger partial charge in [0.05, 0.1) is 0 Å². The van der Waals surface area contributed by atoms with Gasteiger partial charge >= 0.3 is 0 Å². The second-order valence-electron chi connectivity index (χ2n) is 6.80. The molecule has 0 bridgehead atoms. The van der Waals surface area contributed by atoms with Crippen LogP contribution in [0.5, 0.6) is 0 Å². The van der Waals surface area contributed by atoms with Gasteiger partial charge in [0.15, 0.2) is 5.96 Å². The zero-order chi connectivity index (χ0) is 17.4. The fourth-order valence-electron chi connectivity index (χ4n) is 2.89. The molecule has 1 aliphatic heterocycles. The average Bonchev–Trinajstić information content (AvgIpc) is 2.60. The van der Waals surface area contributed by atoms with Crippen LogP contribution in [0.3, 0.4) is 0 Å². The van der Waals surface area contributed by atoms with Crippen molar-refractivity contribution in [3.8, 4) is 0 Å². The second-order valence-corrected chi connectivity index (χ2v) is 6.80. The summed E-state index contributed by atoms with van der Waals surface area (Å²) in [6.07, 6.45) is 0. The largest absolute Gasteiger partial charge is 0.355 e. The molecule has 5 nitrogen and oxygen atoms in total. The third-order valence-electron chi connectivity index (χ3n) is 4.76. The Morgan fingerprint density at radius 2 is 1.83 bits per heavy atom. The van der Waals surface area contributed by atoms with Gasteiger partial charge in [0.2, 0.25) is 0 Å². The summed E-state index contributed by atoms with van der Waals surface area (Å²) in [4.78, 5) is 11.7. The zero-order valence-corrected chi connectivity index (χ0v) is 15.7. The number of nitrogens with one attached hydrogen (secondary N) is 1. The highest BCUT2D eigenvalue weighted by Gasteiger charge is 2.19. The number of likely N-dealkylation sites (N-methyl/N-ethyl adjacent to an activating group) is 1. The van der Waals surface area contributed by atoms with Crippen molar-refractivity contribution in [2.45, 2.75) is 26.4 Å². The van der Waals surface area contributed by atoms with E-state index in [0.717, 1.165) is 51.8 Å². The van der Waals surface area contributed by atoms with Crippen molar-refractivity contribution >= 4 is 5.96 Å². The van der Waals surface area contributed by atoms with E-state index in [0.29, 0.717) is 6.04 Å². The molecule has 0 spiro atoms. The standard InChI is InChI=1S/C19H33N5/c1-17(2)22(4)11-10-21-19(20-3)24-14-12-23(13-15-24)16-18-8-6-5-7-9-18/h5-9,17H,10-16H2,1-4H3,(H,20,21). The fraction of sp³-hybridized carbons (Fsp3) is 0.632. The van der Waals surface area contributed by atoms with Crippen molar-refractivity contribution in [2.24, 2.45) is 4.99 Å². The Labute approximate surface area is 147 Å². The minimum absolute atomic E-state index is 0.579. The molecule has 134 valence electrons. The molecule has 1 aromatic rings. The summed E-state index contributed by atoms with van der Waals surface area (Å²) < 4.78 is 0. The van der Waals surface area contributed by atoms with Crippen molar-refractivity contribution in [3.05, 3.63) is 35.9 Å². The molecule has 0 radical (unpaired) electrons. The topological polar surface area (TPSA) is 34.1 Å². The molecule has 1 saturated heterocycles. The molecule has 0 aliphatic carbocycles. The van der Waals surface area contributed by atoms with E-state index in [1.54, 1.807) is 0 Å². The molecule has 5 heteroatoms. The Morgan fingerprint density at radius 3 is 2.42 bits per heavy atom. The van der Waals surface area contributed by atoms with Gasteiger partial charge in [0, 0.05) is 58.9 Å². The van der Waals surface area contributed by atoms with Crippen molar-refractivity contribution in [1.29, 1.82) is 0 Å². The summed E-state index contributed by atoms with van der Waals surface area (Å²) in [5, 5.41) is 3.51. The van der Waals surface area contributed by atoms with Gasteiger partial charge < -0.3 is 15.1 Å². The number of benzene rings is 1. The summed E-state index contributed by atoms with van der Waals surface area (Å²) >= 11 is 0. The number of aliphatic imine (C=N–C) groups is 1. The molecule has 1 fully saturated rings. The Bertz CT molecular complexity index is 492. The van der Waals surface area contributed by atoms with E-state index >= 15 is 0 Å². The summed E-state index contributed by atoms with van der Waals surface area (Å²) in [6, 6.07) is 11.3. The SMILES string of the molecule is CN=C(NCCN(C)C(C)C)N1CCN(Cc2ccccc2)CC1. The number of hydrogen-bond donors (Lipinski definition) is 1. The first kappa shape index (κ1) is 18.7. The van der Waals surface area contributed by atoms with Crippen LogP contribution in [0.2, 0.25) is 0 Å². The average molecular weight is 332 g/mol. The lowest BCUT2D eigenvalue weighted by molar-refractivity contribution is 0.172. The van der Waals surface area contributed by atoms with Crippen molar-refractivity contribution < 1.29 is 0 Å². The van der Waals surface area contributed by atoms with E-state index in [9.17, 15) is 0 Å². The van der Waals surface area contributed by atoms with Crippen LogP contribution in [-0.4, -0.2) is 80.1 Å². The third-order valence-corrected chi connectivity index (χ3v) is 4.76. The molecule has 0 saturated carbocycles. The van der Waals surface area contributed by atoms with Crippen LogP contribution in [0.1, 0.15) is 19.4 Å². The van der Waals surface area contributed by atoms with Gasteiger partial charge in [-0.3, -0.25) is 9.89 Å². The first-order chi connectivity index (χ1) is 11.6. The Kier molecular flexibility index (Phi) is 7.53. The maximum absolute atomic E-state index is 4.46. The molecule has 0 unspecified atom stereocenters. The molecule has 0 atom stereocenters. The normalized spacial score (nSPS) is 16.9. The molecule has 1 aromatic carbocycles. The lowest BCUT2D eigenvalue weighted by atomic mass is 10.2. The van der Waals surface area contributed by atoms with Crippen molar-refractivity contribution in [2.75, 3.05) is 53.4 Å². The van der Waals surface area contributed by atoms with Gasteiger partial charge in [0.1, 0.15) is 0 Å². The van der Waals surface area contributed by atoms with Gasteiger partial charge in [-0.25, -0.2) is 0 Å². The van der Waals surface area contributed by atoms with Gasteiger partial charge in [-0.05, 0) is 26.5 Å². The fourth-order valence-corrected chi connectivity index (χ4v) is 2.89. The molecular weight excluding hydrogens is 298 g/mol. The number of guanidine groups is 1. The van der Waals surface area contributed by atoms with Crippen LogP contribution in [0.25, 0.3) is 0 Å². The van der Waals surface area contributed by atoms with Crippen LogP contribution < -0.4 is 5.32 Å². The van der Waals surface area contributed by atoms with Crippen LogP contribution in [0, 0.1) is 0 Å². The van der Waals surface area contributed by atoms with E-state index < -0.39 is 0 Å². The number of nitrogens with zero attached hydrogens (tertiary/aromatic N) is 4. The highest BCUT2D eigenvalue weighted by Crippen LogP contribution is 2.08. The molecule has 1 heterocycles. The van der Waals surface area contributed by atoms with E-state index in [1.165, 1.54) is 5.56 Å². The van der Waals surface area contributed by atoms with Gasteiger partial charge in [0.25, 0.3) is 0 Å². The smallest absolute Gasteiger partial charge is 0.193 e. The van der Waals surface area contributed by atoms with E-state index in [1.807, 2.05) is 7.05 Å². The highest BCUT2D eigenvalue weighted by atomic mass is 15.3. The minimum atomic E-state index is 0.579. The number of piperazine rings is 1. The first-order valence-corrected chi connectivity index (χ1v) is 9.02. The van der Waals surface area contributed by atoms with Crippen LogP contribution >= 0.6 is 0 Å². The Morgan fingerprint density at radius 1 is 1.17 bits per heavy atom. The lowest BCUT2D eigenvalue weighted by Gasteiger charge is -2.36. The van der Waals surface area contributed by atoms with Crippen LogP contribution in [-0.2, 0) is 6.54 Å². The predicted molar refractivity (Wildman–Crippen MR) is 102 cm³/mol. The second kappa shape index (κ2) is 9.64. The van der Waals surface area contributed by atoms with E-state index in [-0.39, 0.29) is 0 Å². The minimum Gasteiger partial charge on any atom is -0.355 e. The number of hydrogen-bond acceptors (Lipinski definition) is 3. The van der Waals surface area contributed by atoms with Crippen molar-refractivity contribution in [1.82, 2.24) is 20.0 Å². The van der Waals surface area contributed by atoms with E-state index in [4.69, 9.17) is 0 Å². The predicted octanol–water partition coefficient (Wildman–Crippen LogP) is 1.72. The molecule has 0 aromatic heterocycles. The van der Waals surface area contributed by atoms with Gasteiger partial charge in [-0.1, -0.05) is 30.3 Å². The Hall–Kier alpha value is -1.59. The quantitative estimate of drug-likeness (QED) is 0.636. The molecule has 2 rings (SSSR count). The van der Waals surface area contributed by atoms with E-state index in [2.05, 4.69) is 76.2 Å². The molecule has 1 N–H and O–H groups in total. The molecule has 24 heavy (non-hydrogen) atoms. The Balaban J connectivity index is 1.73. The van der Waals surface area contributed by atoms with Gasteiger partial charge in [-0.15, -0.1) is 0 Å². The zero-order valence-electron chi connectivity index (χ0n) is 15.7. The lowest BCUT2D eigenvalue weighted by Crippen LogP contribution is -2.53. The molecule has 0 amide bonds.